The van der Waals surface area contributed by atoms with Gasteiger partial charge < -0.3 is 4.90 Å². The predicted molar refractivity (Wildman–Crippen MR) is 69.6 cm³/mol. The monoisotopic (exact) mass is 287 g/mol. The van der Waals surface area contributed by atoms with E-state index in [-0.39, 0.29) is 0 Å². The summed E-state index contributed by atoms with van der Waals surface area (Å²) in [6.45, 7) is 3.90. The third-order valence-electron chi connectivity index (χ3n) is 4.31. The van der Waals surface area contributed by atoms with Gasteiger partial charge in [0.1, 0.15) is 0 Å². The SMILES string of the molecule is CCN(CCCBr)C(=O)C1CC2CCC1C2. The van der Waals surface area contributed by atoms with Crippen molar-refractivity contribution in [2.45, 2.75) is 39.0 Å². The second kappa shape index (κ2) is 5.52. The number of hydrogen-bond donors (Lipinski definition) is 0. The zero-order valence-corrected chi connectivity index (χ0v) is 11.7. The number of halogens is 1. The number of carbonyl (C=O) groups excluding carboxylic acids is 1. The van der Waals surface area contributed by atoms with Gasteiger partial charge in [-0.1, -0.05) is 22.4 Å². The number of fused-ring (bicyclic) bond motifs is 2. The number of amides is 1. The second-order valence-electron chi connectivity index (χ2n) is 5.24. The van der Waals surface area contributed by atoms with Crippen molar-refractivity contribution < 1.29 is 4.79 Å². The molecule has 0 radical (unpaired) electrons. The quantitative estimate of drug-likeness (QED) is 0.712. The van der Waals surface area contributed by atoms with Crippen LogP contribution in [-0.4, -0.2) is 29.2 Å². The highest BCUT2D eigenvalue weighted by atomic mass is 79.9. The number of rotatable bonds is 5. The highest BCUT2D eigenvalue weighted by Gasteiger charge is 2.44. The highest BCUT2D eigenvalue weighted by Crippen LogP contribution is 2.48. The summed E-state index contributed by atoms with van der Waals surface area (Å²) in [7, 11) is 0. The summed E-state index contributed by atoms with van der Waals surface area (Å²) in [5.41, 5.74) is 0. The van der Waals surface area contributed by atoms with Crippen LogP contribution >= 0.6 is 15.9 Å². The fourth-order valence-corrected chi connectivity index (χ4v) is 3.71. The Bertz CT molecular complexity index is 256. The second-order valence-corrected chi connectivity index (χ2v) is 6.03. The zero-order chi connectivity index (χ0) is 11.5. The Balaban J connectivity index is 1.90. The van der Waals surface area contributed by atoms with E-state index in [9.17, 15) is 4.79 Å². The van der Waals surface area contributed by atoms with Crippen LogP contribution in [0, 0.1) is 17.8 Å². The molecule has 1 amide bonds. The van der Waals surface area contributed by atoms with Gasteiger partial charge in [-0.15, -0.1) is 0 Å². The first-order valence-electron chi connectivity index (χ1n) is 6.61. The maximum atomic E-state index is 12.4. The maximum Gasteiger partial charge on any atom is 0.225 e. The first-order valence-corrected chi connectivity index (χ1v) is 7.73. The molecular formula is C13H22BrNO. The summed E-state index contributed by atoms with van der Waals surface area (Å²) < 4.78 is 0. The van der Waals surface area contributed by atoms with Crippen molar-refractivity contribution in [1.29, 1.82) is 0 Å². The Labute approximate surface area is 107 Å². The number of hydrogen-bond acceptors (Lipinski definition) is 1. The van der Waals surface area contributed by atoms with Crippen molar-refractivity contribution in [3.05, 3.63) is 0 Å². The van der Waals surface area contributed by atoms with E-state index in [4.69, 9.17) is 0 Å². The van der Waals surface area contributed by atoms with Gasteiger partial charge in [-0.3, -0.25) is 4.79 Å². The first-order chi connectivity index (χ1) is 7.76. The molecule has 2 saturated carbocycles. The van der Waals surface area contributed by atoms with Crippen LogP contribution in [0.2, 0.25) is 0 Å². The maximum absolute atomic E-state index is 12.4. The molecule has 2 nitrogen and oxygen atoms in total. The molecule has 0 saturated heterocycles. The molecule has 0 aromatic carbocycles. The molecule has 3 heteroatoms. The highest BCUT2D eigenvalue weighted by molar-refractivity contribution is 9.09. The fourth-order valence-electron chi connectivity index (χ4n) is 3.46. The largest absolute Gasteiger partial charge is 0.343 e. The fraction of sp³-hybridized carbons (Fsp3) is 0.923. The summed E-state index contributed by atoms with van der Waals surface area (Å²) in [5, 5.41) is 0.994. The average molecular weight is 288 g/mol. The summed E-state index contributed by atoms with van der Waals surface area (Å²) in [6, 6.07) is 0. The van der Waals surface area contributed by atoms with Crippen molar-refractivity contribution in [3.63, 3.8) is 0 Å². The lowest BCUT2D eigenvalue weighted by Crippen LogP contribution is -2.38. The molecule has 0 N–H and O–H groups in total. The van der Waals surface area contributed by atoms with Gasteiger partial charge in [0.25, 0.3) is 0 Å². The van der Waals surface area contributed by atoms with E-state index >= 15 is 0 Å². The van der Waals surface area contributed by atoms with Crippen molar-refractivity contribution in [3.8, 4) is 0 Å². The van der Waals surface area contributed by atoms with Gasteiger partial charge in [0.15, 0.2) is 0 Å². The summed E-state index contributed by atoms with van der Waals surface area (Å²) >= 11 is 3.43. The number of alkyl halides is 1. The van der Waals surface area contributed by atoms with Gasteiger partial charge in [0.2, 0.25) is 5.91 Å². The molecule has 2 rings (SSSR count). The van der Waals surface area contributed by atoms with E-state index in [2.05, 4.69) is 27.8 Å². The van der Waals surface area contributed by atoms with E-state index in [1.165, 1.54) is 25.7 Å². The van der Waals surface area contributed by atoms with Crippen LogP contribution < -0.4 is 0 Å². The summed E-state index contributed by atoms with van der Waals surface area (Å²) in [4.78, 5) is 14.4. The van der Waals surface area contributed by atoms with Gasteiger partial charge >= 0.3 is 0 Å². The lowest BCUT2D eigenvalue weighted by molar-refractivity contribution is -0.137. The minimum Gasteiger partial charge on any atom is -0.343 e. The van der Waals surface area contributed by atoms with Gasteiger partial charge in [-0.05, 0) is 44.4 Å². The lowest BCUT2D eigenvalue weighted by Gasteiger charge is -2.28. The van der Waals surface area contributed by atoms with E-state index in [1.807, 2.05) is 0 Å². The van der Waals surface area contributed by atoms with Crippen LogP contribution in [0.1, 0.15) is 39.0 Å². The molecule has 2 bridgehead atoms. The standard InChI is InChI=1S/C13H22BrNO/c1-2-15(7-3-6-14)13(16)12-9-10-4-5-11(12)8-10/h10-12H,2-9H2,1H3. The minimum atomic E-state index is 0.369. The molecular weight excluding hydrogens is 266 g/mol. The Kier molecular flexibility index (Phi) is 4.28. The van der Waals surface area contributed by atoms with Crippen molar-refractivity contribution in [2.75, 3.05) is 18.4 Å². The topological polar surface area (TPSA) is 20.3 Å². The molecule has 2 aliphatic carbocycles. The Morgan fingerprint density at radius 1 is 1.38 bits per heavy atom. The smallest absolute Gasteiger partial charge is 0.225 e. The van der Waals surface area contributed by atoms with E-state index in [0.29, 0.717) is 11.8 Å². The molecule has 3 unspecified atom stereocenters. The summed E-state index contributed by atoms with van der Waals surface area (Å²) in [5.74, 6) is 2.40. The molecule has 0 heterocycles. The normalized spacial score (nSPS) is 32.0. The van der Waals surface area contributed by atoms with Crippen LogP contribution in [0.3, 0.4) is 0 Å². The third kappa shape index (κ3) is 2.44. The zero-order valence-electron chi connectivity index (χ0n) is 10.1. The molecule has 0 aliphatic heterocycles. The van der Waals surface area contributed by atoms with Crippen molar-refractivity contribution in [2.24, 2.45) is 17.8 Å². The Morgan fingerprint density at radius 3 is 2.69 bits per heavy atom. The van der Waals surface area contributed by atoms with Gasteiger partial charge in [-0.2, -0.15) is 0 Å². The van der Waals surface area contributed by atoms with E-state index in [1.54, 1.807) is 0 Å². The predicted octanol–water partition coefficient (Wildman–Crippen LogP) is 3.06. The molecule has 2 fully saturated rings. The third-order valence-corrected chi connectivity index (χ3v) is 4.87. The molecule has 92 valence electrons. The van der Waals surface area contributed by atoms with Crippen LogP contribution in [0.25, 0.3) is 0 Å². The van der Waals surface area contributed by atoms with E-state index in [0.717, 1.165) is 36.7 Å². The molecule has 2 aliphatic rings. The molecule has 0 aromatic rings. The summed E-state index contributed by atoms with van der Waals surface area (Å²) in [6.07, 6.45) is 6.25. The lowest BCUT2D eigenvalue weighted by atomic mass is 9.87. The van der Waals surface area contributed by atoms with Crippen LogP contribution in [0.15, 0.2) is 0 Å². The molecule has 0 spiro atoms. The van der Waals surface area contributed by atoms with Crippen LogP contribution in [-0.2, 0) is 4.79 Å². The molecule has 3 atom stereocenters. The molecule has 0 aromatic heterocycles. The number of carbonyl (C=O) groups is 1. The van der Waals surface area contributed by atoms with Gasteiger partial charge in [-0.25, -0.2) is 0 Å². The molecule has 16 heavy (non-hydrogen) atoms. The van der Waals surface area contributed by atoms with Crippen LogP contribution in [0.4, 0.5) is 0 Å². The van der Waals surface area contributed by atoms with Gasteiger partial charge in [0, 0.05) is 24.3 Å². The minimum absolute atomic E-state index is 0.369. The first kappa shape index (κ1) is 12.4. The van der Waals surface area contributed by atoms with Crippen LogP contribution in [0.5, 0.6) is 0 Å². The van der Waals surface area contributed by atoms with E-state index < -0.39 is 0 Å². The van der Waals surface area contributed by atoms with Gasteiger partial charge in [0.05, 0.1) is 0 Å². The Hall–Kier alpha value is -0.0500. The van der Waals surface area contributed by atoms with Crippen molar-refractivity contribution in [1.82, 2.24) is 4.90 Å². The van der Waals surface area contributed by atoms with Crippen molar-refractivity contribution >= 4 is 21.8 Å². The Morgan fingerprint density at radius 2 is 2.19 bits per heavy atom. The average Bonchev–Trinajstić information content (AvgIpc) is 2.91. The number of nitrogens with zero attached hydrogens (tertiary/aromatic N) is 1.